The van der Waals surface area contributed by atoms with E-state index in [2.05, 4.69) is 4.98 Å². The molecular weight excluding hydrogens is 178 g/mol. The minimum Gasteiger partial charge on any atom is -0.506 e. The van der Waals surface area contributed by atoms with E-state index >= 15 is 0 Å². The molecule has 0 amide bonds. The fraction of sp³-hybridized carbons (Fsp3) is 0.182. The number of fused-ring (bicyclic) bond motifs is 1. The highest BCUT2D eigenvalue weighted by molar-refractivity contribution is 5.83. The highest BCUT2D eigenvalue weighted by atomic mass is 16.3. The molecule has 0 saturated heterocycles. The van der Waals surface area contributed by atoms with Crippen molar-refractivity contribution in [2.45, 2.75) is 13.8 Å². The van der Waals surface area contributed by atoms with Gasteiger partial charge in [-0.05, 0) is 12.1 Å². The smallest absolute Gasteiger partial charge is 0.248 e. The molecule has 1 heterocycles. The summed E-state index contributed by atoms with van der Waals surface area (Å²) in [6, 6.07) is 8.20. The molecule has 2 aromatic rings. The van der Waals surface area contributed by atoms with Gasteiger partial charge in [-0.2, -0.15) is 0 Å². The number of rotatable bonds is 0. The number of para-hydroxylation sites is 1. The SMILES string of the molecule is CC.O=c1ccc2cccc(O)c2[nH]1. The Morgan fingerprint density at radius 1 is 1.14 bits per heavy atom. The quantitative estimate of drug-likeness (QED) is 0.671. The summed E-state index contributed by atoms with van der Waals surface area (Å²) in [5.41, 5.74) is 0.286. The lowest BCUT2D eigenvalue weighted by molar-refractivity contribution is 0.480. The molecule has 1 aromatic carbocycles. The van der Waals surface area contributed by atoms with Crippen molar-refractivity contribution in [3.63, 3.8) is 0 Å². The van der Waals surface area contributed by atoms with Gasteiger partial charge in [0.05, 0.1) is 5.52 Å². The number of phenolic OH excluding ortho intramolecular Hbond substituents is 1. The van der Waals surface area contributed by atoms with Gasteiger partial charge in [0.2, 0.25) is 5.56 Å². The molecule has 3 heteroatoms. The van der Waals surface area contributed by atoms with Gasteiger partial charge in [-0.3, -0.25) is 4.79 Å². The van der Waals surface area contributed by atoms with E-state index in [9.17, 15) is 9.90 Å². The van der Waals surface area contributed by atoms with Crippen molar-refractivity contribution in [2.75, 3.05) is 0 Å². The van der Waals surface area contributed by atoms with E-state index in [1.807, 2.05) is 19.9 Å². The van der Waals surface area contributed by atoms with Crippen molar-refractivity contribution >= 4 is 10.9 Å². The number of H-pyrrole nitrogens is 1. The van der Waals surface area contributed by atoms with E-state index < -0.39 is 0 Å². The second-order valence-electron chi connectivity index (χ2n) is 2.56. The van der Waals surface area contributed by atoms with Crippen molar-refractivity contribution in [3.8, 4) is 5.75 Å². The monoisotopic (exact) mass is 191 g/mol. The number of aromatic hydroxyl groups is 1. The molecule has 3 nitrogen and oxygen atoms in total. The van der Waals surface area contributed by atoms with Gasteiger partial charge >= 0.3 is 0 Å². The van der Waals surface area contributed by atoms with Gasteiger partial charge < -0.3 is 10.1 Å². The van der Waals surface area contributed by atoms with Gasteiger partial charge in [0.1, 0.15) is 5.75 Å². The van der Waals surface area contributed by atoms with Gasteiger partial charge in [-0.1, -0.05) is 26.0 Å². The van der Waals surface area contributed by atoms with Crippen LogP contribution < -0.4 is 5.56 Å². The van der Waals surface area contributed by atoms with Crippen molar-refractivity contribution < 1.29 is 5.11 Å². The van der Waals surface area contributed by atoms with Crippen LogP contribution in [0.1, 0.15) is 13.8 Å². The molecule has 2 N–H and O–H groups in total. The first-order chi connectivity index (χ1) is 6.77. The number of phenols is 1. The van der Waals surface area contributed by atoms with Gasteiger partial charge in [0.25, 0.3) is 0 Å². The lowest BCUT2D eigenvalue weighted by Crippen LogP contribution is -2.01. The van der Waals surface area contributed by atoms with Crippen LogP contribution in [0.5, 0.6) is 5.75 Å². The molecular formula is C11H13NO2. The summed E-state index contributed by atoms with van der Waals surface area (Å²) in [5, 5.41) is 10.2. The third-order valence-electron chi connectivity index (χ3n) is 1.74. The molecule has 0 radical (unpaired) electrons. The molecule has 0 saturated carbocycles. The van der Waals surface area contributed by atoms with Crippen molar-refractivity contribution in [1.82, 2.24) is 4.98 Å². The zero-order valence-electron chi connectivity index (χ0n) is 8.24. The largest absolute Gasteiger partial charge is 0.506 e. The van der Waals surface area contributed by atoms with Crippen LogP contribution in [-0.2, 0) is 0 Å². The summed E-state index contributed by atoms with van der Waals surface area (Å²) >= 11 is 0. The third-order valence-corrected chi connectivity index (χ3v) is 1.74. The van der Waals surface area contributed by atoms with Crippen LogP contribution in [0.15, 0.2) is 35.1 Å². The molecule has 0 spiro atoms. The number of hydrogen-bond acceptors (Lipinski definition) is 2. The molecule has 0 aliphatic carbocycles. The first-order valence-corrected chi connectivity index (χ1v) is 4.58. The molecule has 1 aromatic heterocycles. The van der Waals surface area contributed by atoms with E-state index in [1.54, 1.807) is 12.1 Å². The zero-order chi connectivity index (χ0) is 10.6. The minimum absolute atomic E-state index is 0.102. The zero-order valence-corrected chi connectivity index (χ0v) is 8.24. The maximum absolute atomic E-state index is 10.9. The van der Waals surface area contributed by atoms with Gasteiger partial charge in [0.15, 0.2) is 0 Å². The van der Waals surface area contributed by atoms with Crippen molar-refractivity contribution in [1.29, 1.82) is 0 Å². The highest BCUT2D eigenvalue weighted by Gasteiger charge is 1.97. The van der Waals surface area contributed by atoms with E-state index in [1.165, 1.54) is 12.1 Å². The summed E-state index contributed by atoms with van der Waals surface area (Å²) in [6.07, 6.45) is 0. The fourth-order valence-electron chi connectivity index (χ4n) is 1.16. The minimum atomic E-state index is -0.205. The molecule has 0 unspecified atom stereocenters. The Hall–Kier alpha value is -1.77. The number of pyridine rings is 1. The Balaban J connectivity index is 0.000000461. The van der Waals surface area contributed by atoms with Crippen LogP contribution in [-0.4, -0.2) is 10.1 Å². The molecule has 0 aliphatic heterocycles. The summed E-state index contributed by atoms with van der Waals surface area (Å²) in [4.78, 5) is 13.4. The predicted octanol–water partition coefficient (Wildman–Crippen LogP) is 2.26. The molecule has 0 bridgehead atoms. The number of benzene rings is 1. The lowest BCUT2D eigenvalue weighted by atomic mass is 10.2. The van der Waals surface area contributed by atoms with Crippen molar-refractivity contribution in [3.05, 3.63) is 40.7 Å². The van der Waals surface area contributed by atoms with E-state index in [0.717, 1.165) is 5.39 Å². The first kappa shape index (κ1) is 10.3. The van der Waals surface area contributed by atoms with E-state index in [0.29, 0.717) is 5.52 Å². The molecule has 14 heavy (non-hydrogen) atoms. The van der Waals surface area contributed by atoms with Crippen LogP contribution in [0.2, 0.25) is 0 Å². The van der Waals surface area contributed by atoms with Crippen LogP contribution >= 0.6 is 0 Å². The van der Waals surface area contributed by atoms with Gasteiger partial charge in [-0.25, -0.2) is 0 Å². The number of aromatic nitrogens is 1. The van der Waals surface area contributed by atoms with Crippen LogP contribution in [0, 0.1) is 0 Å². The second-order valence-corrected chi connectivity index (χ2v) is 2.56. The highest BCUT2D eigenvalue weighted by Crippen LogP contribution is 2.19. The Morgan fingerprint density at radius 2 is 1.86 bits per heavy atom. The molecule has 0 aliphatic rings. The summed E-state index contributed by atoms with van der Waals surface area (Å²) in [5.74, 6) is 0.102. The Morgan fingerprint density at radius 3 is 2.57 bits per heavy atom. The van der Waals surface area contributed by atoms with Crippen LogP contribution in [0.3, 0.4) is 0 Å². The maximum Gasteiger partial charge on any atom is 0.248 e. The standard InChI is InChI=1S/C9H7NO2.C2H6/c11-7-3-1-2-6-4-5-8(12)10-9(6)7;1-2/h1-5,11H,(H,10,12);1-2H3. The van der Waals surface area contributed by atoms with Gasteiger partial charge in [-0.15, -0.1) is 0 Å². The van der Waals surface area contributed by atoms with Crippen molar-refractivity contribution in [2.24, 2.45) is 0 Å². The van der Waals surface area contributed by atoms with Crippen LogP contribution in [0.25, 0.3) is 10.9 Å². The summed E-state index contributed by atoms with van der Waals surface area (Å²) < 4.78 is 0. The van der Waals surface area contributed by atoms with E-state index in [-0.39, 0.29) is 11.3 Å². The first-order valence-electron chi connectivity index (χ1n) is 4.58. The molecule has 2 rings (SSSR count). The molecule has 74 valence electrons. The number of hydrogen-bond donors (Lipinski definition) is 2. The Kier molecular flexibility index (Phi) is 3.29. The number of nitrogens with one attached hydrogen (secondary N) is 1. The second kappa shape index (κ2) is 4.46. The molecule has 0 atom stereocenters. The predicted molar refractivity (Wildman–Crippen MR) is 57.6 cm³/mol. The number of aromatic amines is 1. The van der Waals surface area contributed by atoms with Gasteiger partial charge in [0, 0.05) is 11.5 Å². The maximum atomic E-state index is 10.9. The third kappa shape index (κ3) is 1.93. The Labute approximate surface area is 82.0 Å². The Bertz CT molecular complexity index is 474. The average molecular weight is 191 g/mol. The summed E-state index contributed by atoms with van der Waals surface area (Å²) in [6.45, 7) is 4.00. The average Bonchev–Trinajstić information content (AvgIpc) is 2.22. The fourth-order valence-corrected chi connectivity index (χ4v) is 1.16. The van der Waals surface area contributed by atoms with Crippen LogP contribution in [0.4, 0.5) is 0 Å². The lowest BCUT2D eigenvalue weighted by Gasteiger charge is -1.97. The molecule has 0 fully saturated rings. The normalized spacial score (nSPS) is 9.29. The summed E-state index contributed by atoms with van der Waals surface area (Å²) in [7, 11) is 0. The van der Waals surface area contributed by atoms with E-state index in [4.69, 9.17) is 0 Å². The topological polar surface area (TPSA) is 53.1 Å².